The number of para-hydroxylation sites is 1. The Morgan fingerprint density at radius 3 is 2.17 bits per heavy atom. The van der Waals surface area contributed by atoms with Crippen molar-refractivity contribution < 1.29 is 17.9 Å². The summed E-state index contributed by atoms with van der Waals surface area (Å²) in [5, 5.41) is 0. The van der Waals surface area contributed by atoms with Gasteiger partial charge in [0.05, 0.1) is 7.11 Å². The molecule has 0 radical (unpaired) electrons. The second-order valence-electron chi connectivity index (χ2n) is 5.18. The van der Waals surface area contributed by atoms with Crippen LogP contribution < -0.4 is 4.74 Å². The van der Waals surface area contributed by atoms with Crippen molar-refractivity contribution >= 4 is 0 Å². The number of halogens is 3. The molecular formula is C19H14F3NO. The maximum absolute atomic E-state index is 13.1. The molecule has 5 heteroatoms. The quantitative estimate of drug-likeness (QED) is 0.638. The molecule has 1 aromatic heterocycles. The molecular weight excluding hydrogens is 315 g/mol. The van der Waals surface area contributed by atoms with Crippen molar-refractivity contribution in [2.24, 2.45) is 0 Å². The molecule has 24 heavy (non-hydrogen) atoms. The third-order valence-electron chi connectivity index (χ3n) is 3.68. The van der Waals surface area contributed by atoms with Crippen LogP contribution in [0.1, 0.15) is 5.69 Å². The summed E-state index contributed by atoms with van der Waals surface area (Å²) in [6.07, 6.45) is -3.24. The molecule has 0 saturated heterocycles. The minimum absolute atomic E-state index is 0.461. The molecule has 0 aliphatic carbocycles. The molecule has 0 amide bonds. The Bertz CT molecular complexity index is 845. The predicted molar refractivity (Wildman–Crippen MR) is 86.7 cm³/mol. The van der Waals surface area contributed by atoms with Crippen LogP contribution in [0.15, 0.2) is 66.9 Å². The van der Waals surface area contributed by atoms with E-state index in [0.29, 0.717) is 28.0 Å². The van der Waals surface area contributed by atoms with Crippen molar-refractivity contribution in [2.45, 2.75) is 6.18 Å². The Kier molecular flexibility index (Phi) is 4.25. The summed E-state index contributed by atoms with van der Waals surface area (Å²) in [6, 6.07) is 17.2. The van der Waals surface area contributed by atoms with Gasteiger partial charge in [-0.2, -0.15) is 13.2 Å². The molecule has 0 aliphatic rings. The van der Waals surface area contributed by atoms with Crippen LogP contribution in [-0.2, 0) is 6.18 Å². The smallest absolute Gasteiger partial charge is 0.433 e. The molecule has 0 unspecified atom stereocenters. The van der Waals surface area contributed by atoms with E-state index in [1.54, 1.807) is 36.4 Å². The zero-order chi connectivity index (χ0) is 17.2. The summed E-state index contributed by atoms with van der Waals surface area (Å²) in [5.74, 6) is 0.580. The summed E-state index contributed by atoms with van der Waals surface area (Å²) in [4.78, 5) is 3.61. The lowest BCUT2D eigenvalue weighted by Gasteiger charge is -2.15. The fourth-order valence-corrected chi connectivity index (χ4v) is 2.55. The molecule has 0 N–H and O–H groups in total. The van der Waals surface area contributed by atoms with E-state index in [2.05, 4.69) is 4.98 Å². The van der Waals surface area contributed by atoms with E-state index in [1.807, 2.05) is 18.2 Å². The molecule has 3 rings (SSSR count). The van der Waals surface area contributed by atoms with Gasteiger partial charge in [0.15, 0.2) is 0 Å². The van der Waals surface area contributed by atoms with Gasteiger partial charge in [-0.1, -0.05) is 48.5 Å². The zero-order valence-electron chi connectivity index (χ0n) is 12.8. The Hall–Kier alpha value is -2.82. The molecule has 0 saturated carbocycles. The Morgan fingerprint density at radius 2 is 1.50 bits per heavy atom. The fourth-order valence-electron chi connectivity index (χ4n) is 2.55. The maximum Gasteiger partial charge on any atom is 0.433 e. The van der Waals surface area contributed by atoms with Gasteiger partial charge in [0.1, 0.15) is 11.4 Å². The highest BCUT2D eigenvalue weighted by molar-refractivity contribution is 5.85. The molecule has 0 aliphatic heterocycles. The highest BCUT2D eigenvalue weighted by atomic mass is 19.4. The van der Waals surface area contributed by atoms with E-state index >= 15 is 0 Å². The topological polar surface area (TPSA) is 22.1 Å². The molecule has 0 spiro atoms. The number of benzene rings is 2. The van der Waals surface area contributed by atoms with Gasteiger partial charge in [0, 0.05) is 17.3 Å². The van der Waals surface area contributed by atoms with Gasteiger partial charge < -0.3 is 4.74 Å². The SMILES string of the molecule is COc1ccccc1-c1cnc(C(F)(F)F)cc1-c1ccccc1. The second kappa shape index (κ2) is 6.35. The lowest BCUT2D eigenvalue weighted by Crippen LogP contribution is -2.08. The Balaban J connectivity index is 2.26. The standard InChI is InChI=1S/C19H14F3NO/c1-24-17-10-6-5-9-14(17)16-12-23-18(19(20,21)22)11-15(16)13-7-3-2-4-8-13/h2-12H,1H3. The van der Waals surface area contributed by atoms with E-state index < -0.39 is 11.9 Å². The van der Waals surface area contributed by atoms with Crippen LogP contribution in [0.25, 0.3) is 22.3 Å². The van der Waals surface area contributed by atoms with Crippen LogP contribution >= 0.6 is 0 Å². The summed E-state index contributed by atoms with van der Waals surface area (Å²) < 4.78 is 44.6. The van der Waals surface area contributed by atoms with Crippen molar-refractivity contribution in [3.05, 3.63) is 72.6 Å². The van der Waals surface area contributed by atoms with Gasteiger partial charge >= 0.3 is 6.18 Å². The van der Waals surface area contributed by atoms with Crippen molar-refractivity contribution in [1.82, 2.24) is 4.98 Å². The minimum atomic E-state index is -4.50. The van der Waals surface area contributed by atoms with Gasteiger partial charge in [0.2, 0.25) is 0 Å². The minimum Gasteiger partial charge on any atom is -0.496 e. The molecule has 0 atom stereocenters. The van der Waals surface area contributed by atoms with Gasteiger partial charge in [-0.15, -0.1) is 0 Å². The number of pyridine rings is 1. The summed E-state index contributed by atoms with van der Waals surface area (Å²) in [6.45, 7) is 0. The lowest BCUT2D eigenvalue weighted by atomic mass is 9.95. The molecule has 1 heterocycles. The van der Waals surface area contributed by atoms with Crippen molar-refractivity contribution in [3.63, 3.8) is 0 Å². The number of rotatable bonds is 3. The number of aromatic nitrogens is 1. The molecule has 2 aromatic carbocycles. The first-order valence-electron chi connectivity index (χ1n) is 7.27. The number of alkyl halides is 3. The average Bonchev–Trinajstić information content (AvgIpc) is 2.61. The van der Waals surface area contributed by atoms with Crippen LogP contribution in [0, 0.1) is 0 Å². The van der Waals surface area contributed by atoms with Crippen LogP contribution in [-0.4, -0.2) is 12.1 Å². The monoisotopic (exact) mass is 329 g/mol. The van der Waals surface area contributed by atoms with Crippen molar-refractivity contribution in [3.8, 4) is 28.0 Å². The number of hydrogen-bond acceptors (Lipinski definition) is 2. The molecule has 122 valence electrons. The van der Waals surface area contributed by atoms with Crippen LogP contribution in [0.2, 0.25) is 0 Å². The van der Waals surface area contributed by atoms with Crippen LogP contribution in [0.5, 0.6) is 5.75 Å². The second-order valence-corrected chi connectivity index (χ2v) is 5.18. The number of nitrogens with zero attached hydrogens (tertiary/aromatic N) is 1. The Morgan fingerprint density at radius 1 is 0.833 bits per heavy atom. The lowest BCUT2D eigenvalue weighted by molar-refractivity contribution is -0.141. The molecule has 2 nitrogen and oxygen atoms in total. The van der Waals surface area contributed by atoms with Crippen LogP contribution in [0.4, 0.5) is 13.2 Å². The van der Waals surface area contributed by atoms with Gasteiger partial charge in [-0.25, -0.2) is 0 Å². The predicted octanol–water partition coefficient (Wildman–Crippen LogP) is 5.44. The zero-order valence-corrected chi connectivity index (χ0v) is 12.8. The first kappa shape index (κ1) is 16.1. The number of methoxy groups -OCH3 is 1. The normalized spacial score (nSPS) is 11.3. The van der Waals surface area contributed by atoms with Gasteiger partial charge in [-0.05, 0) is 23.3 Å². The molecule has 0 fully saturated rings. The van der Waals surface area contributed by atoms with Crippen molar-refractivity contribution in [2.75, 3.05) is 7.11 Å². The fraction of sp³-hybridized carbons (Fsp3) is 0.105. The van der Waals surface area contributed by atoms with E-state index in [0.717, 1.165) is 6.07 Å². The van der Waals surface area contributed by atoms with Gasteiger partial charge in [-0.3, -0.25) is 4.98 Å². The van der Waals surface area contributed by atoms with Crippen molar-refractivity contribution in [1.29, 1.82) is 0 Å². The van der Waals surface area contributed by atoms with Crippen LogP contribution in [0.3, 0.4) is 0 Å². The van der Waals surface area contributed by atoms with Gasteiger partial charge in [0.25, 0.3) is 0 Å². The van der Waals surface area contributed by atoms with E-state index in [1.165, 1.54) is 13.3 Å². The summed E-state index contributed by atoms with van der Waals surface area (Å²) in [5.41, 5.74) is 1.51. The number of ether oxygens (including phenoxy) is 1. The maximum atomic E-state index is 13.1. The largest absolute Gasteiger partial charge is 0.496 e. The third-order valence-corrected chi connectivity index (χ3v) is 3.68. The summed E-state index contributed by atoms with van der Waals surface area (Å²) >= 11 is 0. The first-order chi connectivity index (χ1) is 11.5. The Labute approximate surface area is 137 Å². The number of hydrogen-bond donors (Lipinski definition) is 0. The van der Waals surface area contributed by atoms with E-state index in [-0.39, 0.29) is 0 Å². The molecule has 0 bridgehead atoms. The van der Waals surface area contributed by atoms with E-state index in [4.69, 9.17) is 4.74 Å². The first-order valence-corrected chi connectivity index (χ1v) is 7.27. The average molecular weight is 329 g/mol. The summed E-state index contributed by atoms with van der Waals surface area (Å²) in [7, 11) is 1.53. The van der Waals surface area contributed by atoms with E-state index in [9.17, 15) is 13.2 Å². The highest BCUT2D eigenvalue weighted by Gasteiger charge is 2.33. The molecule has 3 aromatic rings. The highest BCUT2D eigenvalue weighted by Crippen LogP contribution is 2.39. The third kappa shape index (κ3) is 3.11.